The zero-order valence-corrected chi connectivity index (χ0v) is 17.9. The van der Waals surface area contributed by atoms with E-state index in [1.165, 1.54) is 18.4 Å². The lowest BCUT2D eigenvalue weighted by atomic mass is 9.99. The summed E-state index contributed by atoms with van der Waals surface area (Å²) in [6.45, 7) is 10.3. The van der Waals surface area contributed by atoms with E-state index in [9.17, 15) is 4.79 Å². The van der Waals surface area contributed by atoms with E-state index in [0.717, 1.165) is 49.0 Å². The van der Waals surface area contributed by atoms with Gasteiger partial charge in [-0.25, -0.2) is 0 Å². The van der Waals surface area contributed by atoms with E-state index < -0.39 is 0 Å². The minimum Gasteiger partial charge on any atom is -0.350 e. The highest BCUT2D eigenvalue weighted by molar-refractivity contribution is 6.02. The summed E-state index contributed by atoms with van der Waals surface area (Å²) in [6.07, 6.45) is 4.25. The number of nitrogens with zero attached hydrogens (tertiary/aromatic N) is 4. The van der Waals surface area contributed by atoms with E-state index >= 15 is 0 Å². The zero-order chi connectivity index (χ0) is 21.1. The van der Waals surface area contributed by atoms with Gasteiger partial charge in [-0.15, -0.1) is 0 Å². The molecule has 7 heteroatoms. The molecule has 0 saturated carbocycles. The van der Waals surface area contributed by atoms with E-state index in [4.69, 9.17) is 4.52 Å². The van der Waals surface area contributed by atoms with Crippen LogP contribution in [0.2, 0.25) is 0 Å². The predicted molar refractivity (Wildman–Crippen MR) is 116 cm³/mol. The molecule has 1 aromatic carbocycles. The maximum atomic E-state index is 12.7. The van der Waals surface area contributed by atoms with Crippen molar-refractivity contribution in [2.24, 2.45) is 5.92 Å². The maximum absolute atomic E-state index is 12.7. The first-order valence-electron chi connectivity index (χ1n) is 10.7. The van der Waals surface area contributed by atoms with Gasteiger partial charge in [0.05, 0.1) is 6.20 Å². The van der Waals surface area contributed by atoms with Gasteiger partial charge in [0.15, 0.2) is 0 Å². The van der Waals surface area contributed by atoms with Crippen LogP contribution in [0.3, 0.4) is 0 Å². The van der Waals surface area contributed by atoms with Crippen LogP contribution in [0, 0.1) is 12.8 Å². The molecule has 1 fully saturated rings. The molecular weight excluding hydrogens is 378 g/mol. The summed E-state index contributed by atoms with van der Waals surface area (Å²) >= 11 is 0. The number of aryl methyl sites for hydroxylation is 1. The van der Waals surface area contributed by atoms with Crippen LogP contribution in [0.1, 0.15) is 48.5 Å². The molecule has 1 amide bonds. The average Bonchev–Trinajstić information content (AvgIpc) is 3.36. The van der Waals surface area contributed by atoms with Crippen molar-refractivity contribution >= 4 is 11.6 Å². The Morgan fingerprint density at radius 3 is 2.80 bits per heavy atom. The van der Waals surface area contributed by atoms with Crippen LogP contribution in [-0.2, 0) is 13.1 Å². The summed E-state index contributed by atoms with van der Waals surface area (Å²) in [5, 5.41) is 11.3. The number of amides is 1. The van der Waals surface area contributed by atoms with E-state index in [1.807, 2.05) is 36.7 Å². The SMILES string of the molecule is CCn1ncc(-c2cc(C(=O)Nc3cccc(CN4CCC(C)CC4)c3)on2)c1C. The molecule has 1 aliphatic rings. The van der Waals surface area contributed by atoms with Gasteiger partial charge in [0.1, 0.15) is 5.69 Å². The monoisotopic (exact) mass is 407 g/mol. The number of hydrogen-bond acceptors (Lipinski definition) is 5. The Balaban J connectivity index is 1.42. The van der Waals surface area contributed by atoms with Crippen LogP contribution in [0.4, 0.5) is 5.69 Å². The summed E-state index contributed by atoms with van der Waals surface area (Å²) < 4.78 is 7.19. The Hall–Kier alpha value is -2.93. The third kappa shape index (κ3) is 4.46. The number of carbonyl (C=O) groups is 1. The number of piperidine rings is 1. The number of hydrogen-bond donors (Lipinski definition) is 1. The molecule has 158 valence electrons. The smallest absolute Gasteiger partial charge is 0.294 e. The summed E-state index contributed by atoms with van der Waals surface area (Å²) in [4.78, 5) is 15.1. The summed E-state index contributed by atoms with van der Waals surface area (Å²) in [5.74, 6) is 0.695. The van der Waals surface area contributed by atoms with E-state index in [-0.39, 0.29) is 11.7 Å². The van der Waals surface area contributed by atoms with Gasteiger partial charge in [-0.05, 0) is 63.4 Å². The molecule has 1 aliphatic heterocycles. The quantitative estimate of drug-likeness (QED) is 0.657. The molecule has 3 aromatic rings. The van der Waals surface area contributed by atoms with Crippen molar-refractivity contribution in [2.75, 3.05) is 18.4 Å². The standard InChI is InChI=1S/C23H29N5O2/c1-4-28-17(3)20(14-24-28)21-13-22(30-26-21)23(29)25-19-7-5-6-18(12-19)15-27-10-8-16(2)9-11-27/h5-7,12-14,16H,4,8-11,15H2,1-3H3,(H,25,29). The van der Waals surface area contributed by atoms with Crippen LogP contribution >= 0.6 is 0 Å². The molecule has 7 nitrogen and oxygen atoms in total. The van der Waals surface area contributed by atoms with Gasteiger partial charge in [0, 0.05) is 36.1 Å². The molecule has 3 heterocycles. The Morgan fingerprint density at radius 1 is 1.27 bits per heavy atom. The first-order chi connectivity index (χ1) is 14.5. The van der Waals surface area contributed by atoms with E-state index in [2.05, 4.69) is 33.5 Å². The summed E-state index contributed by atoms with van der Waals surface area (Å²) in [5.41, 5.74) is 4.44. The number of benzene rings is 1. The molecule has 0 spiro atoms. The second kappa shape index (κ2) is 8.83. The van der Waals surface area contributed by atoms with Crippen molar-refractivity contribution in [1.29, 1.82) is 0 Å². The summed E-state index contributed by atoms with van der Waals surface area (Å²) in [7, 11) is 0. The number of aromatic nitrogens is 3. The third-order valence-electron chi connectivity index (χ3n) is 5.88. The molecule has 4 rings (SSSR count). The fourth-order valence-corrected chi connectivity index (χ4v) is 3.94. The molecule has 0 bridgehead atoms. The fraction of sp³-hybridized carbons (Fsp3) is 0.435. The number of anilines is 1. The first kappa shape index (κ1) is 20.3. The largest absolute Gasteiger partial charge is 0.350 e. The van der Waals surface area contributed by atoms with Crippen LogP contribution in [0.15, 0.2) is 41.1 Å². The third-order valence-corrected chi connectivity index (χ3v) is 5.88. The highest BCUT2D eigenvalue weighted by atomic mass is 16.5. The van der Waals surface area contributed by atoms with Crippen molar-refractivity contribution in [3.05, 3.63) is 53.5 Å². The van der Waals surface area contributed by atoms with Crippen molar-refractivity contribution in [1.82, 2.24) is 19.8 Å². The Labute approximate surface area is 177 Å². The maximum Gasteiger partial charge on any atom is 0.294 e. The molecule has 0 aliphatic carbocycles. The molecule has 0 atom stereocenters. The summed E-state index contributed by atoms with van der Waals surface area (Å²) in [6, 6.07) is 9.67. The first-order valence-corrected chi connectivity index (χ1v) is 10.7. The number of rotatable bonds is 6. The predicted octanol–water partition coefficient (Wildman–Crippen LogP) is 4.35. The molecule has 2 aromatic heterocycles. The minimum absolute atomic E-state index is 0.184. The highest BCUT2D eigenvalue weighted by Gasteiger charge is 2.18. The van der Waals surface area contributed by atoms with Gasteiger partial charge in [-0.1, -0.05) is 24.2 Å². The van der Waals surface area contributed by atoms with Gasteiger partial charge < -0.3 is 9.84 Å². The Bertz CT molecular complexity index is 1010. The lowest BCUT2D eigenvalue weighted by Gasteiger charge is -2.30. The van der Waals surface area contributed by atoms with Crippen LogP contribution in [-0.4, -0.2) is 38.8 Å². The van der Waals surface area contributed by atoms with Crippen molar-refractivity contribution in [3.8, 4) is 11.3 Å². The van der Waals surface area contributed by atoms with E-state index in [0.29, 0.717) is 5.69 Å². The van der Waals surface area contributed by atoms with Crippen LogP contribution < -0.4 is 5.32 Å². The van der Waals surface area contributed by atoms with E-state index in [1.54, 1.807) is 12.3 Å². The normalized spacial score (nSPS) is 15.4. The second-order valence-corrected chi connectivity index (χ2v) is 8.15. The van der Waals surface area contributed by atoms with Crippen molar-refractivity contribution in [2.45, 2.75) is 46.7 Å². The van der Waals surface area contributed by atoms with Crippen molar-refractivity contribution in [3.63, 3.8) is 0 Å². The molecule has 1 N–H and O–H groups in total. The van der Waals surface area contributed by atoms with Gasteiger partial charge in [0.25, 0.3) is 5.91 Å². The lowest BCUT2D eigenvalue weighted by molar-refractivity contribution is 0.0988. The Morgan fingerprint density at radius 2 is 2.07 bits per heavy atom. The Kier molecular flexibility index (Phi) is 5.99. The minimum atomic E-state index is -0.307. The topological polar surface area (TPSA) is 76.2 Å². The lowest BCUT2D eigenvalue weighted by Crippen LogP contribution is -2.32. The highest BCUT2D eigenvalue weighted by Crippen LogP contribution is 2.24. The van der Waals surface area contributed by atoms with Gasteiger partial charge in [-0.2, -0.15) is 5.10 Å². The molecule has 1 saturated heterocycles. The average molecular weight is 408 g/mol. The van der Waals surface area contributed by atoms with Crippen LogP contribution in [0.25, 0.3) is 11.3 Å². The van der Waals surface area contributed by atoms with Gasteiger partial charge >= 0.3 is 0 Å². The number of nitrogens with one attached hydrogen (secondary N) is 1. The molecule has 30 heavy (non-hydrogen) atoms. The zero-order valence-electron chi connectivity index (χ0n) is 17.9. The molecule has 0 radical (unpaired) electrons. The number of carbonyl (C=O) groups excluding carboxylic acids is 1. The second-order valence-electron chi connectivity index (χ2n) is 8.15. The van der Waals surface area contributed by atoms with Gasteiger partial charge in [-0.3, -0.25) is 14.4 Å². The van der Waals surface area contributed by atoms with Gasteiger partial charge in [0.2, 0.25) is 5.76 Å². The van der Waals surface area contributed by atoms with Crippen LogP contribution in [0.5, 0.6) is 0 Å². The fourth-order valence-electron chi connectivity index (χ4n) is 3.94. The number of likely N-dealkylation sites (tertiary alicyclic amines) is 1. The molecule has 0 unspecified atom stereocenters. The molecular formula is C23H29N5O2. The van der Waals surface area contributed by atoms with Crippen molar-refractivity contribution < 1.29 is 9.32 Å².